The molecule has 0 saturated heterocycles. The molecule has 0 aliphatic rings. The Hall–Kier alpha value is -2.15. The van der Waals surface area contributed by atoms with Gasteiger partial charge in [-0.2, -0.15) is 0 Å². The summed E-state index contributed by atoms with van der Waals surface area (Å²) in [5.74, 6) is 0.394. The Labute approximate surface area is 129 Å². The normalized spacial score (nSPS) is 11.9. The molecule has 1 N–H and O–H groups in total. The van der Waals surface area contributed by atoms with Crippen molar-refractivity contribution in [3.8, 4) is 0 Å². The molecule has 1 heterocycles. The van der Waals surface area contributed by atoms with Crippen molar-refractivity contribution in [2.45, 2.75) is 19.4 Å². The lowest BCUT2D eigenvalue weighted by Gasteiger charge is -2.13. The van der Waals surface area contributed by atoms with Gasteiger partial charge >= 0.3 is 0 Å². The molecule has 0 radical (unpaired) electrons. The molecule has 1 aromatic carbocycles. The highest BCUT2D eigenvalue weighted by Crippen LogP contribution is 2.22. The number of nitro benzene ring substituents is 1. The molecule has 1 amide bonds. The molecule has 0 bridgehead atoms. The molecule has 2 rings (SSSR count). The number of benzene rings is 1. The van der Waals surface area contributed by atoms with Crippen molar-refractivity contribution in [1.29, 1.82) is 0 Å². The first-order valence-corrected chi connectivity index (χ1v) is 7.04. The molecular weight excluding hydrogens is 340 g/mol. The number of halogens is 1. The fourth-order valence-electron chi connectivity index (χ4n) is 1.88. The van der Waals surface area contributed by atoms with Crippen molar-refractivity contribution in [2.75, 3.05) is 0 Å². The van der Waals surface area contributed by atoms with Gasteiger partial charge in [-0.15, -0.1) is 0 Å². The molecule has 7 heteroatoms. The third-order valence-corrected chi connectivity index (χ3v) is 3.56. The molecule has 0 aliphatic carbocycles. The summed E-state index contributed by atoms with van der Waals surface area (Å²) in [6.07, 6.45) is 2.12. The van der Waals surface area contributed by atoms with E-state index < -0.39 is 4.92 Å². The number of non-ortho nitro benzene ring substituents is 1. The summed E-state index contributed by atoms with van der Waals surface area (Å²) in [4.78, 5) is 22.4. The van der Waals surface area contributed by atoms with Gasteiger partial charge in [0.15, 0.2) is 0 Å². The number of nitro groups is 1. The largest absolute Gasteiger partial charge is 0.469 e. The van der Waals surface area contributed by atoms with Crippen LogP contribution in [0.2, 0.25) is 0 Å². The lowest BCUT2D eigenvalue weighted by molar-refractivity contribution is -0.384. The third-order valence-electron chi connectivity index (χ3n) is 2.87. The zero-order chi connectivity index (χ0) is 15.4. The zero-order valence-corrected chi connectivity index (χ0v) is 12.8. The summed E-state index contributed by atoms with van der Waals surface area (Å²) < 4.78 is 5.73. The second-order valence-corrected chi connectivity index (χ2v) is 5.43. The maximum atomic E-state index is 12.2. The van der Waals surface area contributed by atoms with Gasteiger partial charge in [-0.05, 0) is 41.1 Å². The minimum atomic E-state index is -0.532. The van der Waals surface area contributed by atoms with Gasteiger partial charge in [0.2, 0.25) is 0 Å². The second-order valence-electron chi connectivity index (χ2n) is 4.58. The molecule has 0 fully saturated rings. The number of amides is 1. The first kappa shape index (κ1) is 15.2. The van der Waals surface area contributed by atoms with E-state index in [4.69, 9.17) is 4.42 Å². The average molecular weight is 353 g/mol. The number of nitrogens with zero attached hydrogens (tertiary/aromatic N) is 1. The highest BCUT2D eigenvalue weighted by molar-refractivity contribution is 9.10. The lowest BCUT2D eigenvalue weighted by atomic mass is 10.1. The van der Waals surface area contributed by atoms with Gasteiger partial charge in [0.1, 0.15) is 5.76 Å². The predicted octanol–water partition coefficient (Wildman–Crippen LogP) is 3.31. The number of carbonyl (C=O) groups is 1. The van der Waals surface area contributed by atoms with Crippen LogP contribution >= 0.6 is 15.9 Å². The maximum Gasteiger partial charge on any atom is 0.270 e. The van der Waals surface area contributed by atoms with Crippen LogP contribution in [-0.2, 0) is 6.42 Å². The summed E-state index contributed by atoms with van der Waals surface area (Å²) in [6, 6.07) is 7.53. The van der Waals surface area contributed by atoms with Crippen molar-refractivity contribution in [2.24, 2.45) is 0 Å². The van der Waals surface area contributed by atoms with Gasteiger partial charge in [-0.3, -0.25) is 14.9 Å². The van der Waals surface area contributed by atoms with E-state index in [0.717, 1.165) is 5.76 Å². The van der Waals surface area contributed by atoms with E-state index in [0.29, 0.717) is 10.9 Å². The van der Waals surface area contributed by atoms with Gasteiger partial charge in [-0.1, -0.05) is 0 Å². The molecule has 0 aliphatic heterocycles. The van der Waals surface area contributed by atoms with Gasteiger partial charge < -0.3 is 9.73 Å². The fourth-order valence-corrected chi connectivity index (χ4v) is 2.31. The van der Waals surface area contributed by atoms with E-state index >= 15 is 0 Å². The van der Waals surface area contributed by atoms with E-state index in [1.165, 1.54) is 18.2 Å². The lowest BCUT2D eigenvalue weighted by Crippen LogP contribution is -2.34. The summed E-state index contributed by atoms with van der Waals surface area (Å²) in [6.45, 7) is 1.84. The predicted molar refractivity (Wildman–Crippen MR) is 80.1 cm³/mol. The summed E-state index contributed by atoms with van der Waals surface area (Å²) in [5, 5.41) is 13.6. The quantitative estimate of drug-likeness (QED) is 0.660. The van der Waals surface area contributed by atoms with Crippen molar-refractivity contribution in [3.63, 3.8) is 0 Å². The summed E-state index contributed by atoms with van der Waals surface area (Å²) in [5.41, 5.74) is 0.109. The molecule has 6 nitrogen and oxygen atoms in total. The van der Waals surface area contributed by atoms with Crippen LogP contribution in [0.4, 0.5) is 5.69 Å². The minimum Gasteiger partial charge on any atom is -0.469 e. The Bertz CT molecular complexity index is 655. The molecule has 1 aromatic heterocycles. The van der Waals surface area contributed by atoms with Crippen molar-refractivity contribution in [3.05, 3.63) is 62.5 Å². The number of hydrogen-bond donors (Lipinski definition) is 1. The van der Waals surface area contributed by atoms with Crippen LogP contribution in [0.15, 0.2) is 45.5 Å². The number of furan rings is 1. The standard InChI is InChI=1S/C14H13BrN2O4/c1-9(7-11-3-2-6-21-11)16-14(18)12-8-10(17(19)20)4-5-13(12)15/h2-6,8-9H,7H2,1H3,(H,16,18). The monoisotopic (exact) mass is 352 g/mol. The first-order chi connectivity index (χ1) is 9.97. The van der Waals surface area contributed by atoms with E-state index in [-0.39, 0.29) is 23.2 Å². The van der Waals surface area contributed by atoms with Crippen molar-refractivity contribution in [1.82, 2.24) is 5.32 Å². The molecule has 0 spiro atoms. The second kappa shape index (κ2) is 6.53. The van der Waals surface area contributed by atoms with Crippen LogP contribution in [0.5, 0.6) is 0 Å². The minimum absolute atomic E-state index is 0.123. The molecule has 2 aromatic rings. The van der Waals surface area contributed by atoms with E-state index in [1.54, 1.807) is 12.3 Å². The van der Waals surface area contributed by atoms with Crippen LogP contribution in [-0.4, -0.2) is 16.9 Å². The highest BCUT2D eigenvalue weighted by atomic mass is 79.9. The van der Waals surface area contributed by atoms with E-state index in [2.05, 4.69) is 21.2 Å². The van der Waals surface area contributed by atoms with Gasteiger partial charge in [-0.25, -0.2) is 0 Å². The number of carbonyl (C=O) groups excluding carboxylic acids is 1. The van der Waals surface area contributed by atoms with Gasteiger partial charge in [0.05, 0.1) is 16.7 Å². The first-order valence-electron chi connectivity index (χ1n) is 6.24. The third kappa shape index (κ3) is 3.91. The van der Waals surface area contributed by atoms with Crippen molar-refractivity contribution >= 4 is 27.5 Å². The smallest absolute Gasteiger partial charge is 0.270 e. The Balaban J connectivity index is 2.09. The maximum absolute atomic E-state index is 12.2. The van der Waals surface area contributed by atoms with Crippen LogP contribution in [0.3, 0.4) is 0 Å². The molecule has 21 heavy (non-hydrogen) atoms. The number of hydrogen-bond acceptors (Lipinski definition) is 4. The molecule has 0 saturated carbocycles. The number of nitrogens with one attached hydrogen (secondary N) is 1. The molecule has 110 valence electrons. The Morgan fingerprint density at radius 3 is 2.86 bits per heavy atom. The van der Waals surface area contributed by atoms with E-state index in [9.17, 15) is 14.9 Å². The van der Waals surface area contributed by atoms with Crippen molar-refractivity contribution < 1.29 is 14.1 Å². The SMILES string of the molecule is CC(Cc1ccco1)NC(=O)c1cc([N+](=O)[O-])ccc1Br. The van der Waals surface area contributed by atoms with Crippen LogP contribution in [0.1, 0.15) is 23.0 Å². The molecule has 1 unspecified atom stereocenters. The highest BCUT2D eigenvalue weighted by Gasteiger charge is 2.17. The summed E-state index contributed by atoms with van der Waals surface area (Å²) in [7, 11) is 0. The Kier molecular flexibility index (Phi) is 4.74. The topological polar surface area (TPSA) is 85.4 Å². The van der Waals surface area contributed by atoms with Crippen LogP contribution in [0, 0.1) is 10.1 Å². The van der Waals surface area contributed by atoms with Gasteiger partial charge in [0, 0.05) is 29.1 Å². The van der Waals surface area contributed by atoms with Crippen LogP contribution < -0.4 is 5.32 Å². The molecule has 1 atom stereocenters. The van der Waals surface area contributed by atoms with Crippen LogP contribution in [0.25, 0.3) is 0 Å². The summed E-state index contributed by atoms with van der Waals surface area (Å²) >= 11 is 3.23. The molecular formula is C14H13BrN2O4. The number of rotatable bonds is 5. The zero-order valence-electron chi connectivity index (χ0n) is 11.2. The van der Waals surface area contributed by atoms with E-state index in [1.807, 2.05) is 13.0 Å². The fraction of sp³-hybridized carbons (Fsp3) is 0.214. The Morgan fingerprint density at radius 2 is 2.24 bits per heavy atom. The average Bonchev–Trinajstić information content (AvgIpc) is 2.91. The Morgan fingerprint density at radius 1 is 1.48 bits per heavy atom. The van der Waals surface area contributed by atoms with Gasteiger partial charge in [0.25, 0.3) is 11.6 Å².